The first kappa shape index (κ1) is 11.4. The van der Waals surface area contributed by atoms with Gasteiger partial charge in [-0.2, -0.15) is 0 Å². The normalized spacial score (nSPS) is 10.6. The third-order valence-corrected chi connectivity index (χ3v) is 2.16. The van der Waals surface area contributed by atoms with Crippen LogP contribution in [0.15, 0.2) is 16.9 Å². The van der Waals surface area contributed by atoms with Crippen LogP contribution in [0.5, 0.6) is 6.01 Å². The zero-order chi connectivity index (χ0) is 10.4. The van der Waals surface area contributed by atoms with Crippen molar-refractivity contribution in [2.75, 3.05) is 6.61 Å². The summed E-state index contributed by atoms with van der Waals surface area (Å²) in [6, 6.07) is 0.456. The fraction of sp³-hybridized carbons (Fsp3) is 0.600. The Morgan fingerprint density at radius 1 is 1.36 bits per heavy atom. The maximum absolute atomic E-state index is 5.37. The summed E-state index contributed by atoms with van der Waals surface area (Å²) in [5.74, 6) is 0.726. The molecule has 3 nitrogen and oxygen atoms in total. The standard InChI is InChI=1S/C10H15BrN2O/c1-8(2)4-3-5-14-10-12-6-9(11)7-13-10/h6-8H,3-5H2,1-2H3. The highest BCUT2D eigenvalue weighted by Crippen LogP contribution is 2.09. The van der Waals surface area contributed by atoms with Gasteiger partial charge in [-0.1, -0.05) is 13.8 Å². The first-order chi connectivity index (χ1) is 6.68. The minimum absolute atomic E-state index is 0.456. The maximum atomic E-state index is 5.37. The summed E-state index contributed by atoms with van der Waals surface area (Å²) in [5.41, 5.74) is 0. The largest absolute Gasteiger partial charge is 0.463 e. The van der Waals surface area contributed by atoms with Crippen LogP contribution in [0.3, 0.4) is 0 Å². The van der Waals surface area contributed by atoms with Crippen LogP contribution in [0, 0.1) is 5.92 Å². The fourth-order valence-electron chi connectivity index (χ4n) is 1.03. The van der Waals surface area contributed by atoms with Crippen molar-refractivity contribution in [3.63, 3.8) is 0 Å². The summed E-state index contributed by atoms with van der Waals surface area (Å²) in [5, 5.41) is 0. The second-order valence-corrected chi connectivity index (χ2v) is 4.48. The molecule has 0 bridgehead atoms. The molecule has 0 aromatic carbocycles. The molecule has 1 rings (SSSR count). The molecule has 1 aromatic heterocycles. The van der Waals surface area contributed by atoms with Crippen molar-refractivity contribution >= 4 is 15.9 Å². The van der Waals surface area contributed by atoms with E-state index < -0.39 is 0 Å². The summed E-state index contributed by atoms with van der Waals surface area (Å²) >= 11 is 3.27. The monoisotopic (exact) mass is 258 g/mol. The van der Waals surface area contributed by atoms with Gasteiger partial charge >= 0.3 is 6.01 Å². The smallest absolute Gasteiger partial charge is 0.316 e. The van der Waals surface area contributed by atoms with Gasteiger partial charge in [0.25, 0.3) is 0 Å². The van der Waals surface area contributed by atoms with Crippen molar-refractivity contribution in [1.82, 2.24) is 9.97 Å². The molecular weight excluding hydrogens is 244 g/mol. The third-order valence-electron chi connectivity index (χ3n) is 1.75. The van der Waals surface area contributed by atoms with E-state index >= 15 is 0 Å². The molecule has 0 atom stereocenters. The number of hydrogen-bond acceptors (Lipinski definition) is 3. The Morgan fingerprint density at radius 2 is 2.00 bits per heavy atom. The molecule has 0 unspecified atom stereocenters. The van der Waals surface area contributed by atoms with Crippen molar-refractivity contribution in [3.8, 4) is 6.01 Å². The van der Waals surface area contributed by atoms with E-state index in [1.54, 1.807) is 12.4 Å². The molecule has 0 spiro atoms. The van der Waals surface area contributed by atoms with Crippen LogP contribution in [0.25, 0.3) is 0 Å². The van der Waals surface area contributed by atoms with Crippen molar-refractivity contribution in [2.45, 2.75) is 26.7 Å². The van der Waals surface area contributed by atoms with Crippen LogP contribution < -0.4 is 4.74 Å². The summed E-state index contributed by atoms with van der Waals surface area (Å²) in [6.07, 6.45) is 5.60. The van der Waals surface area contributed by atoms with Crippen LogP contribution in [-0.4, -0.2) is 16.6 Å². The summed E-state index contributed by atoms with van der Waals surface area (Å²) in [4.78, 5) is 8.03. The van der Waals surface area contributed by atoms with Gasteiger partial charge in [-0.3, -0.25) is 0 Å². The first-order valence-corrected chi connectivity index (χ1v) is 5.58. The zero-order valence-electron chi connectivity index (χ0n) is 8.53. The molecular formula is C10H15BrN2O. The molecule has 78 valence electrons. The Morgan fingerprint density at radius 3 is 2.57 bits per heavy atom. The highest BCUT2D eigenvalue weighted by Gasteiger charge is 1.98. The molecule has 0 saturated carbocycles. The van der Waals surface area contributed by atoms with Gasteiger partial charge in [0, 0.05) is 12.4 Å². The van der Waals surface area contributed by atoms with Gasteiger partial charge in [-0.15, -0.1) is 0 Å². The SMILES string of the molecule is CC(C)CCCOc1ncc(Br)cn1. The molecule has 0 radical (unpaired) electrons. The minimum atomic E-state index is 0.456. The van der Waals surface area contributed by atoms with Gasteiger partial charge in [-0.05, 0) is 34.7 Å². The molecule has 0 saturated heterocycles. The molecule has 0 fully saturated rings. The highest BCUT2D eigenvalue weighted by molar-refractivity contribution is 9.10. The minimum Gasteiger partial charge on any atom is -0.463 e. The topological polar surface area (TPSA) is 35.0 Å². The molecule has 1 aromatic rings. The number of aromatic nitrogens is 2. The van der Waals surface area contributed by atoms with Crippen LogP contribution in [-0.2, 0) is 0 Å². The van der Waals surface area contributed by atoms with E-state index in [1.807, 2.05) is 0 Å². The third kappa shape index (κ3) is 4.56. The van der Waals surface area contributed by atoms with E-state index in [4.69, 9.17) is 4.74 Å². The molecule has 0 aliphatic carbocycles. The molecule has 0 aliphatic rings. The van der Waals surface area contributed by atoms with Crippen LogP contribution in [0.1, 0.15) is 26.7 Å². The number of ether oxygens (including phenoxy) is 1. The lowest BCUT2D eigenvalue weighted by Gasteiger charge is -2.05. The van der Waals surface area contributed by atoms with E-state index in [2.05, 4.69) is 39.7 Å². The molecule has 14 heavy (non-hydrogen) atoms. The van der Waals surface area contributed by atoms with Crippen molar-refractivity contribution < 1.29 is 4.74 Å². The summed E-state index contributed by atoms with van der Waals surface area (Å²) in [7, 11) is 0. The van der Waals surface area contributed by atoms with Gasteiger partial charge in [0.15, 0.2) is 0 Å². The van der Waals surface area contributed by atoms with E-state index in [0.717, 1.165) is 16.8 Å². The van der Waals surface area contributed by atoms with Crippen molar-refractivity contribution in [3.05, 3.63) is 16.9 Å². The number of rotatable bonds is 5. The Bertz CT molecular complexity index is 261. The summed E-state index contributed by atoms with van der Waals surface area (Å²) in [6.45, 7) is 5.10. The average molecular weight is 259 g/mol. The van der Waals surface area contributed by atoms with Crippen LogP contribution >= 0.6 is 15.9 Å². The molecule has 0 N–H and O–H groups in total. The lowest BCUT2D eigenvalue weighted by atomic mass is 10.1. The van der Waals surface area contributed by atoms with E-state index in [-0.39, 0.29) is 0 Å². The van der Waals surface area contributed by atoms with Crippen molar-refractivity contribution in [2.24, 2.45) is 5.92 Å². The van der Waals surface area contributed by atoms with Gasteiger partial charge in [0.2, 0.25) is 0 Å². The van der Waals surface area contributed by atoms with Gasteiger partial charge < -0.3 is 4.74 Å². The summed E-state index contributed by atoms with van der Waals surface area (Å²) < 4.78 is 6.24. The predicted molar refractivity (Wildman–Crippen MR) is 59.3 cm³/mol. The van der Waals surface area contributed by atoms with Gasteiger partial charge in [0.1, 0.15) is 0 Å². The second kappa shape index (κ2) is 5.96. The molecule has 4 heteroatoms. The lowest BCUT2D eigenvalue weighted by Crippen LogP contribution is -2.02. The number of nitrogens with zero attached hydrogens (tertiary/aromatic N) is 2. The van der Waals surface area contributed by atoms with Crippen molar-refractivity contribution in [1.29, 1.82) is 0 Å². The number of halogens is 1. The molecule has 1 heterocycles. The fourth-order valence-corrected chi connectivity index (χ4v) is 1.23. The van der Waals surface area contributed by atoms with E-state index in [9.17, 15) is 0 Å². The second-order valence-electron chi connectivity index (χ2n) is 3.57. The van der Waals surface area contributed by atoms with Crippen LogP contribution in [0.4, 0.5) is 0 Å². The maximum Gasteiger partial charge on any atom is 0.316 e. The van der Waals surface area contributed by atoms with E-state index in [0.29, 0.717) is 12.6 Å². The van der Waals surface area contributed by atoms with E-state index in [1.165, 1.54) is 6.42 Å². The van der Waals surface area contributed by atoms with Crippen LogP contribution in [0.2, 0.25) is 0 Å². The van der Waals surface area contributed by atoms with Gasteiger partial charge in [0.05, 0.1) is 11.1 Å². The molecule has 0 amide bonds. The Balaban J connectivity index is 2.21. The number of hydrogen-bond donors (Lipinski definition) is 0. The molecule has 0 aliphatic heterocycles. The predicted octanol–water partition coefficient (Wildman–Crippen LogP) is 3.05. The Kier molecular flexibility index (Phi) is 4.87. The zero-order valence-corrected chi connectivity index (χ0v) is 10.1. The lowest BCUT2D eigenvalue weighted by molar-refractivity contribution is 0.275. The Hall–Kier alpha value is -0.640. The highest BCUT2D eigenvalue weighted by atomic mass is 79.9. The quantitative estimate of drug-likeness (QED) is 0.762. The first-order valence-electron chi connectivity index (χ1n) is 4.79. The van der Waals surface area contributed by atoms with Gasteiger partial charge in [-0.25, -0.2) is 9.97 Å². The Labute approximate surface area is 93.0 Å². The average Bonchev–Trinajstić information content (AvgIpc) is 2.15.